The topological polar surface area (TPSA) is 279 Å². The zero-order valence-electron chi connectivity index (χ0n) is 31.6. The minimum atomic E-state index is -1.57. The molecule has 1 saturated heterocycles. The maximum absolute atomic E-state index is 14.0. The van der Waals surface area contributed by atoms with Crippen molar-refractivity contribution in [2.24, 2.45) is 11.5 Å². The molecule has 0 bridgehead atoms. The second-order valence-electron chi connectivity index (χ2n) is 14.2. The first-order valence-electron chi connectivity index (χ1n) is 18.9. The third-order valence-electron chi connectivity index (χ3n) is 9.94. The summed E-state index contributed by atoms with van der Waals surface area (Å²) in [4.78, 5) is 96.7. The van der Waals surface area contributed by atoms with E-state index in [9.17, 15) is 43.8 Å². The van der Waals surface area contributed by atoms with Crippen LogP contribution in [-0.4, -0.2) is 111 Å². The Morgan fingerprint density at radius 1 is 0.724 bits per heavy atom. The number of aromatic nitrogens is 1. The fourth-order valence-corrected chi connectivity index (χ4v) is 6.93. The minimum absolute atomic E-state index is 0.00388. The number of nitrogens with one attached hydrogen (secondary N) is 5. The largest absolute Gasteiger partial charge is 0.480 e. The van der Waals surface area contributed by atoms with Gasteiger partial charge in [-0.25, -0.2) is 4.79 Å². The number of aromatic amines is 1. The zero-order chi connectivity index (χ0) is 41.8. The number of benzene rings is 3. The number of aliphatic hydroxyl groups is 1. The van der Waals surface area contributed by atoms with Gasteiger partial charge in [0.05, 0.1) is 19.1 Å². The second-order valence-corrected chi connectivity index (χ2v) is 14.2. The first kappa shape index (κ1) is 42.6. The van der Waals surface area contributed by atoms with Gasteiger partial charge in [-0.05, 0) is 42.0 Å². The molecule has 17 heteroatoms. The minimum Gasteiger partial charge on any atom is -0.480 e. The molecule has 0 unspecified atom stereocenters. The van der Waals surface area contributed by atoms with Gasteiger partial charge in [0.15, 0.2) is 0 Å². The molecule has 1 aliphatic rings. The molecule has 0 aliphatic carbocycles. The molecule has 0 saturated carbocycles. The number of primary amides is 1. The Hall–Kier alpha value is -6.59. The smallest absolute Gasteiger partial charge is 0.326 e. The van der Waals surface area contributed by atoms with Crippen LogP contribution in [0.5, 0.6) is 0 Å². The molecule has 1 aromatic heterocycles. The summed E-state index contributed by atoms with van der Waals surface area (Å²) < 4.78 is 0. The summed E-state index contributed by atoms with van der Waals surface area (Å²) in [5.41, 5.74) is 14.6. The van der Waals surface area contributed by atoms with Crippen molar-refractivity contribution in [3.8, 4) is 0 Å². The highest BCUT2D eigenvalue weighted by Crippen LogP contribution is 2.21. The predicted molar refractivity (Wildman–Crippen MR) is 211 cm³/mol. The molecule has 17 nitrogen and oxygen atoms in total. The fourth-order valence-electron chi connectivity index (χ4n) is 6.93. The summed E-state index contributed by atoms with van der Waals surface area (Å²) in [5.74, 6) is -6.29. The zero-order valence-corrected chi connectivity index (χ0v) is 31.6. The van der Waals surface area contributed by atoms with Gasteiger partial charge in [0.1, 0.15) is 30.2 Å². The number of hydrogen-bond acceptors (Lipinski definition) is 9. The third kappa shape index (κ3) is 11.3. The van der Waals surface area contributed by atoms with Crippen LogP contribution in [0.25, 0.3) is 10.9 Å². The highest BCUT2D eigenvalue weighted by atomic mass is 16.4. The van der Waals surface area contributed by atoms with Gasteiger partial charge >= 0.3 is 5.97 Å². The number of rotatable bonds is 19. The molecule has 0 radical (unpaired) electrons. The van der Waals surface area contributed by atoms with Gasteiger partial charge in [0.25, 0.3) is 0 Å². The predicted octanol–water partition coefficient (Wildman–Crippen LogP) is -0.594. The van der Waals surface area contributed by atoms with E-state index in [2.05, 4.69) is 26.3 Å². The number of carboxylic acid groups (broad SMARTS) is 1. The molecule has 6 atom stereocenters. The highest BCUT2D eigenvalue weighted by molar-refractivity contribution is 5.98. The van der Waals surface area contributed by atoms with Crippen molar-refractivity contribution in [3.63, 3.8) is 0 Å². The van der Waals surface area contributed by atoms with E-state index in [1.54, 1.807) is 66.9 Å². The summed E-state index contributed by atoms with van der Waals surface area (Å²) >= 11 is 0. The van der Waals surface area contributed by atoms with Crippen LogP contribution in [0.1, 0.15) is 36.0 Å². The summed E-state index contributed by atoms with van der Waals surface area (Å²) in [6, 6.07) is 16.8. The van der Waals surface area contributed by atoms with Gasteiger partial charge in [-0.3, -0.25) is 28.8 Å². The number of likely N-dealkylation sites (tertiary alicyclic amines) is 1. The van der Waals surface area contributed by atoms with Crippen molar-refractivity contribution in [2.45, 2.75) is 74.8 Å². The van der Waals surface area contributed by atoms with Crippen LogP contribution in [0, 0.1) is 0 Å². The van der Waals surface area contributed by atoms with Gasteiger partial charge in [0.2, 0.25) is 35.4 Å². The second kappa shape index (κ2) is 20.0. The average molecular weight is 797 g/mol. The molecule has 5 rings (SSSR count). The fraction of sp³-hybridized carbons (Fsp3) is 0.341. The van der Waals surface area contributed by atoms with E-state index < -0.39 is 90.7 Å². The first-order chi connectivity index (χ1) is 27.8. The SMILES string of the molecule is NC(=O)C[C@H](NC(=O)[C@H](Cc1ccccc1)NC(=O)[C@H](CO)NC(=O)[C@@H](N)Cc1c[nH]c2ccccc12)C(=O)N1CCC[C@H]1C(=O)N[C@@H](Cc1ccccc1)C(=O)O. The monoisotopic (exact) mass is 796 g/mol. The van der Waals surface area contributed by atoms with E-state index in [1.807, 2.05) is 24.3 Å². The Morgan fingerprint density at radius 3 is 1.91 bits per heavy atom. The van der Waals surface area contributed by atoms with Gasteiger partial charge in [0, 0.05) is 36.5 Å². The molecule has 3 aromatic carbocycles. The van der Waals surface area contributed by atoms with Crippen LogP contribution in [0.15, 0.2) is 91.1 Å². The summed E-state index contributed by atoms with van der Waals surface area (Å²) in [7, 11) is 0. The number of carboxylic acids is 1. The van der Waals surface area contributed by atoms with Crippen molar-refractivity contribution in [2.75, 3.05) is 13.2 Å². The number of para-hydroxylation sites is 1. The summed E-state index contributed by atoms with van der Waals surface area (Å²) in [6.07, 6.45) is 1.67. The van der Waals surface area contributed by atoms with Crippen LogP contribution >= 0.6 is 0 Å². The lowest BCUT2D eigenvalue weighted by Gasteiger charge is -2.30. The number of carbonyl (C=O) groups excluding carboxylic acids is 6. The van der Waals surface area contributed by atoms with E-state index in [-0.39, 0.29) is 32.2 Å². The van der Waals surface area contributed by atoms with Gasteiger partial charge in [-0.1, -0.05) is 78.9 Å². The molecular formula is C41H48N8O9. The summed E-state index contributed by atoms with van der Waals surface area (Å²) in [6.45, 7) is -0.769. The molecule has 2 heterocycles. The number of hydrogen-bond donors (Lipinski definition) is 9. The molecule has 1 fully saturated rings. The maximum atomic E-state index is 14.0. The molecule has 6 amide bonds. The van der Waals surface area contributed by atoms with E-state index >= 15 is 0 Å². The van der Waals surface area contributed by atoms with Crippen LogP contribution in [0.3, 0.4) is 0 Å². The lowest BCUT2D eigenvalue weighted by molar-refractivity contribution is -0.145. The molecule has 58 heavy (non-hydrogen) atoms. The van der Waals surface area contributed by atoms with Crippen molar-refractivity contribution < 1.29 is 43.8 Å². The normalized spacial score (nSPS) is 16.3. The number of carbonyl (C=O) groups is 7. The Labute approximate surface area is 333 Å². The quantitative estimate of drug-likeness (QED) is 0.0582. The van der Waals surface area contributed by atoms with Crippen LogP contribution in [-0.2, 0) is 52.8 Å². The molecule has 11 N–H and O–H groups in total. The molecule has 306 valence electrons. The number of nitrogens with zero attached hydrogens (tertiary/aromatic N) is 1. The average Bonchev–Trinajstić information content (AvgIpc) is 3.87. The van der Waals surface area contributed by atoms with E-state index in [4.69, 9.17) is 11.5 Å². The van der Waals surface area contributed by atoms with Crippen molar-refractivity contribution in [3.05, 3.63) is 108 Å². The van der Waals surface area contributed by atoms with E-state index in [0.29, 0.717) is 17.5 Å². The number of H-pyrrole nitrogens is 1. The number of amides is 6. The maximum Gasteiger partial charge on any atom is 0.326 e. The Kier molecular flexibility index (Phi) is 14.7. The van der Waals surface area contributed by atoms with Crippen molar-refractivity contribution in [1.82, 2.24) is 31.2 Å². The summed E-state index contributed by atoms with van der Waals surface area (Å²) in [5, 5.41) is 30.9. The van der Waals surface area contributed by atoms with Crippen LogP contribution in [0.4, 0.5) is 0 Å². The van der Waals surface area contributed by atoms with E-state index in [1.165, 1.54) is 4.90 Å². The van der Waals surface area contributed by atoms with Crippen molar-refractivity contribution >= 4 is 52.3 Å². The molecule has 4 aromatic rings. The number of fused-ring (bicyclic) bond motifs is 1. The Balaban J connectivity index is 1.28. The molecule has 0 spiro atoms. The van der Waals surface area contributed by atoms with Crippen LogP contribution in [0.2, 0.25) is 0 Å². The number of aliphatic carboxylic acids is 1. The third-order valence-corrected chi connectivity index (χ3v) is 9.94. The molecule has 1 aliphatic heterocycles. The van der Waals surface area contributed by atoms with E-state index in [0.717, 1.165) is 16.5 Å². The number of nitrogens with two attached hydrogens (primary N) is 2. The van der Waals surface area contributed by atoms with Crippen LogP contribution < -0.4 is 32.7 Å². The molecular weight excluding hydrogens is 748 g/mol. The Morgan fingerprint density at radius 2 is 1.29 bits per heavy atom. The van der Waals surface area contributed by atoms with Gasteiger partial charge in [-0.2, -0.15) is 0 Å². The van der Waals surface area contributed by atoms with Gasteiger partial charge < -0.3 is 52.8 Å². The van der Waals surface area contributed by atoms with Gasteiger partial charge in [-0.15, -0.1) is 0 Å². The Bertz CT molecular complexity index is 2090. The standard InChI is InChI=1S/C41H48N8O9/c42-28(20-26-22-44-29-15-8-7-14-27(26)29)36(52)48-33(23-50)38(54)45-30(18-24-10-3-1-4-11-24)37(53)46-31(21-35(43)51)40(56)49-17-9-16-34(49)39(55)47-32(41(57)58)19-25-12-5-2-6-13-25/h1-8,10-15,22,28,30-34,44,50H,9,16-21,23,42H2,(H2,43,51)(H,45,54)(H,46,53)(H,47,55)(H,48,52)(H,57,58)/t28-,30-,31-,32-,33-,34-/m0/s1. The lowest BCUT2D eigenvalue weighted by Crippen LogP contribution is -2.60. The first-order valence-corrected chi connectivity index (χ1v) is 18.9. The highest BCUT2D eigenvalue weighted by Gasteiger charge is 2.40. The lowest BCUT2D eigenvalue weighted by atomic mass is 10.0. The number of aliphatic hydroxyl groups excluding tert-OH is 1. The van der Waals surface area contributed by atoms with Crippen molar-refractivity contribution in [1.29, 1.82) is 0 Å².